The molecule has 1 aliphatic carbocycles. The third-order valence-corrected chi connectivity index (χ3v) is 4.11. The second kappa shape index (κ2) is 6.15. The lowest BCUT2D eigenvalue weighted by atomic mass is 9.86. The lowest BCUT2D eigenvalue weighted by Gasteiger charge is -2.23. The number of nitrogens with one attached hydrogen (secondary N) is 1. The molecular weight excluding hydrogens is 256 g/mol. The summed E-state index contributed by atoms with van der Waals surface area (Å²) in [6.45, 7) is 4.43. The van der Waals surface area contributed by atoms with Gasteiger partial charge in [0.05, 0.1) is 16.8 Å². The Bertz CT molecular complexity index is 484. The highest BCUT2D eigenvalue weighted by atomic mass is 16.4. The van der Waals surface area contributed by atoms with Crippen LogP contribution in [0.4, 0.5) is 5.95 Å². The van der Waals surface area contributed by atoms with Gasteiger partial charge in [0.1, 0.15) is 0 Å². The maximum Gasteiger partial charge on any atom is 0.311 e. The molecule has 2 rings (SSSR count). The molecule has 0 aliphatic heterocycles. The summed E-state index contributed by atoms with van der Waals surface area (Å²) in [6, 6.07) is 0. The first kappa shape index (κ1) is 14.7. The number of carboxylic acids is 1. The first-order valence-electron chi connectivity index (χ1n) is 7.31. The van der Waals surface area contributed by atoms with E-state index in [1.54, 1.807) is 0 Å². The van der Waals surface area contributed by atoms with Gasteiger partial charge in [0, 0.05) is 6.54 Å². The average Bonchev–Trinajstić information content (AvgIpc) is 2.95. The standard InChI is InChI=1S/C14H22N4O2/c1-3-10-11(4-2)17-18-13(16-10)15-9-14(12(19)20)7-5-6-8-14/h3-9H2,1-2H3,(H,19,20)(H,15,16,18). The summed E-state index contributed by atoms with van der Waals surface area (Å²) in [7, 11) is 0. The second-order valence-electron chi connectivity index (χ2n) is 5.38. The minimum Gasteiger partial charge on any atom is -0.481 e. The Kier molecular flexibility index (Phi) is 4.52. The van der Waals surface area contributed by atoms with Crippen molar-refractivity contribution >= 4 is 11.9 Å². The fourth-order valence-corrected chi connectivity index (χ4v) is 2.78. The summed E-state index contributed by atoms with van der Waals surface area (Å²) >= 11 is 0. The second-order valence-corrected chi connectivity index (χ2v) is 5.38. The molecular formula is C14H22N4O2. The summed E-state index contributed by atoms with van der Waals surface area (Å²) in [6.07, 6.45) is 5.00. The number of anilines is 1. The third-order valence-electron chi connectivity index (χ3n) is 4.11. The highest BCUT2D eigenvalue weighted by Crippen LogP contribution is 2.38. The van der Waals surface area contributed by atoms with Gasteiger partial charge in [0.15, 0.2) is 0 Å². The van der Waals surface area contributed by atoms with Gasteiger partial charge in [0.25, 0.3) is 0 Å². The Morgan fingerprint density at radius 1 is 1.20 bits per heavy atom. The summed E-state index contributed by atoms with van der Waals surface area (Å²) in [5, 5.41) is 20.7. The van der Waals surface area contributed by atoms with E-state index < -0.39 is 11.4 Å². The SMILES string of the molecule is CCc1nnc(NCC2(C(=O)O)CCCC2)nc1CC. The van der Waals surface area contributed by atoms with Crippen LogP contribution in [0, 0.1) is 5.41 Å². The van der Waals surface area contributed by atoms with Crippen LogP contribution in [0.15, 0.2) is 0 Å². The van der Waals surface area contributed by atoms with E-state index in [1.165, 1.54) is 0 Å². The maximum atomic E-state index is 11.5. The molecule has 0 amide bonds. The van der Waals surface area contributed by atoms with Crippen LogP contribution in [0.5, 0.6) is 0 Å². The molecule has 2 N–H and O–H groups in total. The zero-order valence-electron chi connectivity index (χ0n) is 12.1. The molecule has 1 aromatic heterocycles. The number of carboxylic acid groups (broad SMARTS) is 1. The molecule has 0 spiro atoms. The Morgan fingerprint density at radius 3 is 2.40 bits per heavy atom. The molecule has 1 heterocycles. The molecule has 6 heteroatoms. The van der Waals surface area contributed by atoms with Crippen molar-refractivity contribution in [2.45, 2.75) is 52.4 Å². The first-order valence-corrected chi connectivity index (χ1v) is 7.31. The van der Waals surface area contributed by atoms with Crippen LogP contribution < -0.4 is 5.32 Å². The minimum absolute atomic E-state index is 0.374. The number of rotatable bonds is 6. The van der Waals surface area contributed by atoms with E-state index in [4.69, 9.17) is 0 Å². The molecule has 0 atom stereocenters. The molecule has 6 nitrogen and oxygen atoms in total. The zero-order valence-corrected chi connectivity index (χ0v) is 12.1. The summed E-state index contributed by atoms with van der Waals surface area (Å²) in [5.41, 5.74) is 1.17. The van der Waals surface area contributed by atoms with Crippen molar-refractivity contribution in [3.05, 3.63) is 11.4 Å². The van der Waals surface area contributed by atoms with Crippen molar-refractivity contribution < 1.29 is 9.90 Å². The monoisotopic (exact) mass is 278 g/mol. The lowest BCUT2D eigenvalue weighted by Crippen LogP contribution is -2.35. The number of aliphatic carboxylic acids is 1. The molecule has 1 fully saturated rings. The van der Waals surface area contributed by atoms with E-state index in [1.807, 2.05) is 13.8 Å². The summed E-state index contributed by atoms with van der Waals surface area (Å²) in [4.78, 5) is 15.9. The van der Waals surface area contributed by atoms with E-state index in [-0.39, 0.29) is 0 Å². The van der Waals surface area contributed by atoms with Crippen LogP contribution >= 0.6 is 0 Å². The highest BCUT2D eigenvalue weighted by Gasteiger charge is 2.41. The third kappa shape index (κ3) is 2.89. The molecule has 110 valence electrons. The van der Waals surface area contributed by atoms with E-state index >= 15 is 0 Å². The van der Waals surface area contributed by atoms with Crippen molar-refractivity contribution in [2.75, 3.05) is 11.9 Å². The number of carbonyl (C=O) groups is 1. The van der Waals surface area contributed by atoms with Gasteiger partial charge in [-0.05, 0) is 25.7 Å². The largest absolute Gasteiger partial charge is 0.481 e. The van der Waals surface area contributed by atoms with Gasteiger partial charge < -0.3 is 10.4 Å². The van der Waals surface area contributed by atoms with Gasteiger partial charge in [-0.2, -0.15) is 5.10 Å². The van der Waals surface area contributed by atoms with Crippen molar-refractivity contribution in [3.63, 3.8) is 0 Å². The van der Waals surface area contributed by atoms with Crippen LogP contribution in [0.1, 0.15) is 50.9 Å². The van der Waals surface area contributed by atoms with Crippen molar-refractivity contribution in [3.8, 4) is 0 Å². The highest BCUT2D eigenvalue weighted by molar-refractivity contribution is 5.75. The quantitative estimate of drug-likeness (QED) is 0.828. The van der Waals surface area contributed by atoms with Gasteiger partial charge >= 0.3 is 5.97 Å². The molecule has 0 aromatic carbocycles. The molecule has 1 aromatic rings. The van der Waals surface area contributed by atoms with Gasteiger partial charge in [-0.1, -0.05) is 26.7 Å². The average molecular weight is 278 g/mol. The number of aryl methyl sites for hydroxylation is 2. The van der Waals surface area contributed by atoms with E-state index in [0.717, 1.165) is 49.9 Å². The summed E-state index contributed by atoms with van der Waals surface area (Å²) in [5.74, 6) is -0.289. The fraction of sp³-hybridized carbons (Fsp3) is 0.714. The smallest absolute Gasteiger partial charge is 0.311 e. The number of hydrogen-bond donors (Lipinski definition) is 2. The molecule has 1 aliphatic rings. The normalized spacial score (nSPS) is 17.1. The maximum absolute atomic E-state index is 11.5. The zero-order chi connectivity index (χ0) is 14.6. The van der Waals surface area contributed by atoms with Gasteiger partial charge in [-0.3, -0.25) is 4.79 Å². The van der Waals surface area contributed by atoms with E-state index in [9.17, 15) is 9.90 Å². The molecule has 20 heavy (non-hydrogen) atoms. The predicted molar refractivity (Wildman–Crippen MR) is 75.6 cm³/mol. The van der Waals surface area contributed by atoms with E-state index in [2.05, 4.69) is 20.5 Å². The number of aromatic nitrogens is 3. The van der Waals surface area contributed by atoms with Gasteiger partial charge in [-0.15, -0.1) is 5.10 Å². The Balaban J connectivity index is 2.08. The topological polar surface area (TPSA) is 88.0 Å². The Hall–Kier alpha value is -1.72. The Morgan fingerprint density at radius 2 is 1.85 bits per heavy atom. The molecule has 0 bridgehead atoms. The molecule has 1 saturated carbocycles. The Labute approximate surface area is 119 Å². The van der Waals surface area contributed by atoms with Crippen LogP contribution in [-0.2, 0) is 17.6 Å². The first-order chi connectivity index (χ1) is 9.61. The molecule has 0 saturated heterocycles. The number of nitrogens with zero attached hydrogens (tertiary/aromatic N) is 3. The predicted octanol–water partition coefficient (Wildman–Crippen LogP) is 2.05. The van der Waals surface area contributed by atoms with Gasteiger partial charge in [0.2, 0.25) is 5.95 Å². The lowest BCUT2D eigenvalue weighted by molar-refractivity contribution is -0.147. The van der Waals surface area contributed by atoms with E-state index in [0.29, 0.717) is 12.5 Å². The van der Waals surface area contributed by atoms with Crippen LogP contribution in [-0.4, -0.2) is 32.8 Å². The van der Waals surface area contributed by atoms with Crippen LogP contribution in [0.2, 0.25) is 0 Å². The molecule has 0 unspecified atom stereocenters. The fourth-order valence-electron chi connectivity index (χ4n) is 2.78. The summed E-state index contributed by atoms with van der Waals surface area (Å²) < 4.78 is 0. The molecule has 0 radical (unpaired) electrons. The number of hydrogen-bond acceptors (Lipinski definition) is 5. The van der Waals surface area contributed by atoms with Crippen LogP contribution in [0.25, 0.3) is 0 Å². The van der Waals surface area contributed by atoms with Crippen molar-refractivity contribution in [2.24, 2.45) is 5.41 Å². The van der Waals surface area contributed by atoms with Crippen molar-refractivity contribution in [1.82, 2.24) is 15.2 Å². The van der Waals surface area contributed by atoms with Gasteiger partial charge in [-0.25, -0.2) is 4.98 Å². The van der Waals surface area contributed by atoms with Crippen LogP contribution in [0.3, 0.4) is 0 Å². The minimum atomic E-state index is -0.726. The van der Waals surface area contributed by atoms with Crippen molar-refractivity contribution in [1.29, 1.82) is 0 Å².